The van der Waals surface area contributed by atoms with Crippen LogP contribution in [0.4, 0.5) is 10.1 Å². The highest BCUT2D eigenvalue weighted by Gasteiger charge is 2.12. The van der Waals surface area contributed by atoms with E-state index in [1.807, 2.05) is 38.2 Å². The number of nitrogens with one attached hydrogen (secondary N) is 1. The zero-order valence-corrected chi connectivity index (χ0v) is 13.8. The molecule has 0 aromatic heterocycles. The third-order valence-corrected chi connectivity index (χ3v) is 3.83. The van der Waals surface area contributed by atoms with Gasteiger partial charge < -0.3 is 10.2 Å². The molecule has 2 aromatic rings. The summed E-state index contributed by atoms with van der Waals surface area (Å²) in [5.74, 6) is -0.460. The first-order valence-electron chi connectivity index (χ1n) is 7.88. The van der Waals surface area contributed by atoms with E-state index < -0.39 is 0 Å². The van der Waals surface area contributed by atoms with E-state index in [2.05, 4.69) is 17.1 Å². The van der Waals surface area contributed by atoms with Crippen LogP contribution >= 0.6 is 0 Å². The standard InChI is InChI=1S/C19H23FN2O/c1-4-12-22(3)18-10-8-15(9-11-18)19(23)21-14(2)16-6-5-7-17(20)13-16/h5-11,13-14H,4,12H2,1-3H3,(H,21,23)/t14-/m1/s1. The lowest BCUT2D eigenvalue weighted by atomic mass is 10.1. The van der Waals surface area contributed by atoms with Crippen LogP contribution in [0.15, 0.2) is 48.5 Å². The summed E-state index contributed by atoms with van der Waals surface area (Å²) in [4.78, 5) is 14.5. The van der Waals surface area contributed by atoms with Crippen LogP contribution < -0.4 is 10.2 Å². The molecule has 0 aliphatic carbocycles. The van der Waals surface area contributed by atoms with Gasteiger partial charge in [0, 0.05) is 24.8 Å². The van der Waals surface area contributed by atoms with Crippen LogP contribution in [0.1, 0.15) is 42.2 Å². The van der Waals surface area contributed by atoms with E-state index in [4.69, 9.17) is 0 Å². The summed E-state index contributed by atoms with van der Waals surface area (Å²) in [7, 11) is 2.03. The molecule has 0 radical (unpaired) electrons. The molecule has 2 rings (SSSR count). The number of amides is 1. The van der Waals surface area contributed by atoms with Gasteiger partial charge in [0.2, 0.25) is 0 Å². The lowest BCUT2D eigenvalue weighted by molar-refractivity contribution is 0.0940. The molecular weight excluding hydrogens is 291 g/mol. The first kappa shape index (κ1) is 17.0. The predicted octanol–water partition coefficient (Wildman–Crippen LogP) is 4.16. The quantitative estimate of drug-likeness (QED) is 0.868. The second-order valence-electron chi connectivity index (χ2n) is 5.72. The van der Waals surface area contributed by atoms with Crippen LogP contribution in [-0.2, 0) is 0 Å². The van der Waals surface area contributed by atoms with Crippen molar-refractivity contribution in [3.8, 4) is 0 Å². The molecule has 0 saturated heterocycles. The summed E-state index contributed by atoms with van der Waals surface area (Å²) in [6.45, 7) is 4.95. The van der Waals surface area contributed by atoms with Crippen molar-refractivity contribution >= 4 is 11.6 Å². The average molecular weight is 314 g/mol. The third kappa shape index (κ3) is 4.55. The van der Waals surface area contributed by atoms with Crippen LogP contribution in [0.3, 0.4) is 0 Å². The van der Waals surface area contributed by atoms with Gasteiger partial charge in [-0.1, -0.05) is 19.1 Å². The lowest BCUT2D eigenvalue weighted by Crippen LogP contribution is -2.26. The molecule has 122 valence electrons. The van der Waals surface area contributed by atoms with E-state index in [1.165, 1.54) is 12.1 Å². The molecule has 0 aliphatic heterocycles. The third-order valence-electron chi connectivity index (χ3n) is 3.83. The number of benzene rings is 2. The largest absolute Gasteiger partial charge is 0.375 e. The predicted molar refractivity (Wildman–Crippen MR) is 92.3 cm³/mol. The Labute approximate surface area is 137 Å². The zero-order chi connectivity index (χ0) is 16.8. The minimum absolute atomic E-state index is 0.161. The van der Waals surface area contributed by atoms with Gasteiger partial charge in [0.1, 0.15) is 5.82 Å². The number of hydrogen-bond donors (Lipinski definition) is 1. The maximum absolute atomic E-state index is 13.3. The molecule has 0 heterocycles. The molecule has 2 aromatic carbocycles. The fourth-order valence-corrected chi connectivity index (χ4v) is 2.47. The van der Waals surface area contributed by atoms with Gasteiger partial charge in [0.15, 0.2) is 0 Å². The molecule has 0 saturated carbocycles. The van der Waals surface area contributed by atoms with Crippen molar-refractivity contribution in [3.05, 3.63) is 65.5 Å². The molecule has 1 atom stereocenters. The summed E-state index contributed by atoms with van der Waals surface area (Å²) in [6, 6.07) is 13.5. The molecular formula is C19H23FN2O. The number of anilines is 1. The zero-order valence-electron chi connectivity index (χ0n) is 13.8. The number of nitrogens with zero attached hydrogens (tertiary/aromatic N) is 1. The van der Waals surface area contributed by atoms with E-state index in [0.717, 1.165) is 24.2 Å². The van der Waals surface area contributed by atoms with E-state index in [1.54, 1.807) is 12.1 Å². The number of carbonyl (C=O) groups excluding carboxylic acids is 1. The minimum Gasteiger partial charge on any atom is -0.375 e. The summed E-state index contributed by atoms with van der Waals surface area (Å²) in [5, 5.41) is 2.89. The SMILES string of the molecule is CCCN(C)c1ccc(C(=O)N[C@H](C)c2cccc(F)c2)cc1. The lowest BCUT2D eigenvalue weighted by Gasteiger charge is -2.19. The Morgan fingerprint density at radius 1 is 1.22 bits per heavy atom. The molecule has 0 unspecified atom stereocenters. The van der Waals surface area contributed by atoms with Crippen LogP contribution in [0.2, 0.25) is 0 Å². The van der Waals surface area contributed by atoms with Gasteiger partial charge in [-0.3, -0.25) is 4.79 Å². The molecule has 0 aliphatic rings. The van der Waals surface area contributed by atoms with Crippen molar-refractivity contribution < 1.29 is 9.18 Å². The van der Waals surface area contributed by atoms with Gasteiger partial charge >= 0.3 is 0 Å². The summed E-state index contributed by atoms with van der Waals surface area (Å²) in [5.41, 5.74) is 2.43. The second-order valence-corrected chi connectivity index (χ2v) is 5.72. The fourth-order valence-electron chi connectivity index (χ4n) is 2.47. The molecule has 3 nitrogen and oxygen atoms in total. The molecule has 0 bridgehead atoms. The van der Waals surface area contributed by atoms with Crippen molar-refractivity contribution in [1.29, 1.82) is 0 Å². The smallest absolute Gasteiger partial charge is 0.251 e. The average Bonchev–Trinajstić information content (AvgIpc) is 2.55. The van der Waals surface area contributed by atoms with Gasteiger partial charge in [-0.2, -0.15) is 0 Å². The van der Waals surface area contributed by atoms with Crippen molar-refractivity contribution in [2.45, 2.75) is 26.3 Å². The first-order valence-corrected chi connectivity index (χ1v) is 7.88. The van der Waals surface area contributed by atoms with Crippen LogP contribution in [-0.4, -0.2) is 19.5 Å². The highest BCUT2D eigenvalue weighted by molar-refractivity contribution is 5.94. The molecule has 0 fully saturated rings. The van der Waals surface area contributed by atoms with E-state index >= 15 is 0 Å². The maximum atomic E-state index is 13.3. The van der Waals surface area contributed by atoms with E-state index in [-0.39, 0.29) is 17.8 Å². The van der Waals surface area contributed by atoms with E-state index in [0.29, 0.717) is 5.56 Å². The Kier molecular flexibility index (Phi) is 5.74. The van der Waals surface area contributed by atoms with Gasteiger partial charge in [-0.05, 0) is 55.3 Å². The summed E-state index contributed by atoms with van der Waals surface area (Å²) < 4.78 is 13.3. The first-order chi connectivity index (χ1) is 11.0. The number of rotatable bonds is 6. The molecule has 23 heavy (non-hydrogen) atoms. The van der Waals surface area contributed by atoms with Gasteiger partial charge in [0.05, 0.1) is 6.04 Å². The van der Waals surface area contributed by atoms with Gasteiger partial charge in [-0.15, -0.1) is 0 Å². The maximum Gasteiger partial charge on any atom is 0.251 e. The van der Waals surface area contributed by atoms with Crippen molar-refractivity contribution in [3.63, 3.8) is 0 Å². The number of hydrogen-bond acceptors (Lipinski definition) is 2. The topological polar surface area (TPSA) is 32.3 Å². The minimum atomic E-state index is -0.299. The Bertz CT molecular complexity index is 655. The van der Waals surface area contributed by atoms with Gasteiger partial charge in [0.25, 0.3) is 5.91 Å². The number of carbonyl (C=O) groups is 1. The van der Waals surface area contributed by atoms with Crippen molar-refractivity contribution in [2.75, 3.05) is 18.5 Å². The number of halogens is 1. The Balaban J connectivity index is 2.03. The highest BCUT2D eigenvalue weighted by Crippen LogP contribution is 2.17. The Hall–Kier alpha value is -2.36. The normalized spacial score (nSPS) is 11.8. The molecule has 1 amide bonds. The van der Waals surface area contributed by atoms with Gasteiger partial charge in [-0.25, -0.2) is 4.39 Å². The second kappa shape index (κ2) is 7.77. The van der Waals surface area contributed by atoms with Crippen LogP contribution in [0.25, 0.3) is 0 Å². The van der Waals surface area contributed by atoms with Crippen LogP contribution in [0, 0.1) is 5.82 Å². The van der Waals surface area contributed by atoms with Crippen molar-refractivity contribution in [2.24, 2.45) is 0 Å². The molecule has 0 spiro atoms. The Morgan fingerprint density at radius 2 is 1.91 bits per heavy atom. The van der Waals surface area contributed by atoms with Crippen LogP contribution in [0.5, 0.6) is 0 Å². The Morgan fingerprint density at radius 3 is 2.52 bits per heavy atom. The summed E-state index contributed by atoms with van der Waals surface area (Å²) in [6.07, 6.45) is 1.07. The summed E-state index contributed by atoms with van der Waals surface area (Å²) >= 11 is 0. The van der Waals surface area contributed by atoms with E-state index in [9.17, 15) is 9.18 Å². The fraction of sp³-hybridized carbons (Fsp3) is 0.316. The molecule has 4 heteroatoms. The van der Waals surface area contributed by atoms with Crippen molar-refractivity contribution in [1.82, 2.24) is 5.32 Å². The highest BCUT2D eigenvalue weighted by atomic mass is 19.1. The monoisotopic (exact) mass is 314 g/mol. The molecule has 1 N–H and O–H groups in total.